The maximum atomic E-state index is 12.1. The van der Waals surface area contributed by atoms with Crippen molar-refractivity contribution in [2.24, 2.45) is 0 Å². The number of rotatable bonds is 1. The molecule has 1 aliphatic heterocycles. The van der Waals surface area contributed by atoms with Crippen molar-refractivity contribution in [3.63, 3.8) is 0 Å². The summed E-state index contributed by atoms with van der Waals surface area (Å²) in [5.41, 5.74) is 5.91. The van der Waals surface area contributed by atoms with Crippen molar-refractivity contribution < 1.29 is 9.59 Å². The molecular formula is C10H15N5O2. The Morgan fingerprint density at radius 2 is 2.29 bits per heavy atom. The van der Waals surface area contributed by atoms with E-state index in [0.717, 1.165) is 6.42 Å². The van der Waals surface area contributed by atoms with Crippen LogP contribution in [0.1, 0.15) is 16.8 Å². The van der Waals surface area contributed by atoms with E-state index in [9.17, 15) is 9.59 Å². The molecular weight excluding hydrogens is 222 g/mol. The van der Waals surface area contributed by atoms with Crippen LogP contribution in [-0.2, 0) is 4.79 Å². The third-order valence-electron chi connectivity index (χ3n) is 2.86. The van der Waals surface area contributed by atoms with Crippen LogP contribution in [0.25, 0.3) is 0 Å². The topological polar surface area (TPSA) is 95.3 Å². The highest BCUT2D eigenvalue weighted by molar-refractivity contribution is 5.99. The molecule has 2 heterocycles. The van der Waals surface area contributed by atoms with Gasteiger partial charge in [-0.3, -0.25) is 14.7 Å². The number of nitrogens with zero attached hydrogens (tertiary/aromatic N) is 3. The molecule has 1 fully saturated rings. The van der Waals surface area contributed by atoms with E-state index in [-0.39, 0.29) is 24.2 Å². The zero-order valence-electron chi connectivity index (χ0n) is 9.64. The first-order valence-electron chi connectivity index (χ1n) is 5.41. The van der Waals surface area contributed by atoms with E-state index in [1.807, 2.05) is 0 Å². The minimum Gasteiger partial charge on any atom is -0.383 e. The number of amides is 2. The molecule has 0 bridgehead atoms. The number of nitrogen functional groups attached to an aromatic ring is 1. The second kappa shape index (κ2) is 4.44. The van der Waals surface area contributed by atoms with Gasteiger partial charge < -0.3 is 15.5 Å². The molecule has 1 aromatic rings. The Kier molecular flexibility index (Phi) is 2.99. The van der Waals surface area contributed by atoms with Crippen molar-refractivity contribution in [2.75, 3.05) is 32.4 Å². The minimum absolute atomic E-state index is 0.0575. The first-order valence-corrected chi connectivity index (χ1v) is 5.41. The third-order valence-corrected chi connectivity index (χ3v) is 2.86. The summed E-state index contributed by atoms with van der Waals surface area (Å²) < 4.78 is 0. The monoisotopic (exact) mass is 237 g/mol. The molecule has 0 saturated carbocycles. The third kappa shape index (κ3) is 2.22. The van der Waals surface area contributed by atoms with Crippen molar-refractivity contribution in [3.05, 3.63) is 11.8 Å². The first kappa shape index (κ1) is 11.4. The normalized spacial score (nSPS) is 17.1. The Hall–Kier alpha value is -2.05. The molecule has 1 saturated heterocycles. The predicted octanol–water partition coefficient (Wildman–Crippen LogP) is -0.704. The number of likely N-dealkylation sites (N-methyl/N-ethyl adjacent to an activating group) is 1. The Bertz CT molecular complexity index is 442. The lowest BCUT2D eigenvalue weighted by Gasteiger charge is -2.19. The molecule has 0 spiro atoms. The van der Waals surface area contributed by atoms with Crippen molar-refractivity contribution in [1.82, 2.24) is 20.0 Å². The predicted molar refractivity (Wildman–Crippen MR) is 61.2 cm³/mol. The van der Waals surface area contributed by atoms with Gasteiger partial charge in [0.15, 0.2) is 0 Å². The summed E-state index contributed by atoms with van der Waals surface area (Å²) in [6, 6.07) is 0. The van der Waals surface area contributed by atoms with Crippen molar-refractivity contribution in [1.29, 1.82) is 0 Å². The fourth-order valence-corrected chi connectivity index (χ4v) is 1.80. The fraction of sp³-hybridized carbons (Fsp3) is 0.500. The smallest absolute Gasteiger partial charge is 0.259 e. The average Bonchev–Trinajstić information content (AvgIpc) is 2.65. The van der Waals surface area contributed by atoms with Gasteiger partial charge in [-0.15, -0.1) is 0 Å². The number of aromatic amines is 1. The molecule has 0 atom stereocenters. The van der Waals surface area contributed by atoms with E-state index in [2.05, 4.69) is 10.2 Å². The lowest BCUT2D eigenvalue weighted by Crippen LogP contribution is -2.38. The van der Waals surface area contributed by atoms with Gasteiger partial charge >= 0.3 is 0 Å². The summed E-state index contributed by atoms with van der Waals surface area (Å²) in [4.78, 5) is 26.9. The molecule has 2 rings (SSSR count). The highest BCUT2D eigenvalue weighted by atomic mass is 16.2. The van der Waals surface area contributed by atoms with Crippen LogP contribution in [0, 0.1) is 0 Å². The van der Waals surface area contributed by atoms with Crippen LogP contribution < -0.4 is 5.73 Å². The number of H-pyrrole nitrogens is 1. The van der Waals surface area contributed by atoms with E-state index in [1.54, 1.807) is 11.9 Å². The van der Waals surface area contributed by atoms with Gasteiger partial charge in [-0.1, -0.05) is 0 Å². The van der Waals surface area contributed by atoms with Crippen LogP contribution >= 0.6 is 0 Å². The Labute approximate surface area is 98.6 Å². The number of hydrogen-bond acceptors (Lipinski definition) is 4. The van der Waals surface area contributed by atoms with E-state index in [4.69, 9.17) is 5.73 Å². The highest BCUT2D eigenvalue weighted by Crippen LogP contribution is 2.12. The average molecular weight is 237 g/mol. The van der Waals surface area contributed by atoms with Crippen LogP contribution in [0.5, 0.6) is 0 Å². The minimum atomic E-state index is -0.250. The second-order valence-corrected chi connectivity index (χ2v) is 4.09. The van der Waals surface area contributed by atoms with Gasteiger partial charge in [0.2, 0.25) is 5.91 Å². The summed E-state index contributed by atoms with van der Waals surface area (Å²) in [6.45, 7) is 1.32. The van der Waals surface area contributed by atoms with Crippen LogP contribution in [0.3, 0.4) is 0 Å². The molecule has 17 heavy (non-hydrogen) atoms. The molecule has 0 radical (unpaired) electrons. The molecule has 1 aliphatic rings. The van der Waals surface area contributed by atoms with Gasteiger partial charge in [0.25, 0.3) is 5.91 Å². The number of nitrogens with two attached hydrogens (primary N) is 1. The zero-order valence-corrected chi connectivity index (χ0v) is 9.64. The maximum Gasteiger partial charge on any atom is 0.259 e. The fourth-order valence-electron chi connectivity index (χ4n) is 1.80. The summed E-state index contributed by atoms with van der Waals surface area (Å²) in [5, 5.41) is 6.21. The molecule has 1 aromatic heterocycles. The van der Waals surface area contributed by atoms with Gasteiger partial charge in [-0.2, -0.15) is 5.10 Å². The molecule has 0 aromatic carbocycles. The summed E-state index contributed by atoms with van der Waals surface area (Å²) >= 11 is 0. The number of nitrogens with one attached hydrogen (secondary N) is 1. The van der Waals surface area contributed by atoms with Crippen molar-refractivity contribution in [2.45, 2.75) is 6.42 Å². The van der Waals surface area contributed by atoms with Crippen LogP contribution in [-0.4, -0.2) is 58.5 Å². The summed E-state index contributed by atoms with van der Waals surface area (Å²) in [5.74, 6) is -0.0714. The number of aromatic nitrogens is 2. The molecule has 2 amide bonds. The molecule has 7 nitrogen and oxygen atoms in total. The Morgan fingerprint density at radius 1 is 1.53 bits per heavy atom. The molecule has 3 N–H and O–H groups in total. The molecule has 7 heteroatoms. The number of carbonyl (C=O) groups is 2. The lowest BCUT2D eigenvalue weighted by molar-refractivity contribution is -0.129. The van der Waals surface area contributed by atoms with Crippen molar-refractivity contribution in [3.8, 4) is 0 Å². The lowest BCUT2D eigenvalue weighted by atomic mass is 10.2. The largest absolute Gasteiger partial charge is 0.383 e. The standard InChI is InChI=1S/C10H15N5O2/c1-14-3-2-4-15(6-8(14)16)10(17)7-5-12-13-9(7)11/h5H,2-4,6H2,1H3,(H3,11,12,13). The Morgan fingerprint density at radius 3 is 2.94 bits per heavy atom. The van der Waals surface area contributed by atoms with Crippen LogP contribution in [0.4, 0.5) is 5.82 Å². The van der Waals surface area contributed by atoms with E-state index in [0.29, 0.717) is 18.7 Å². The molecule has 0 unspecified atom stereocenters. The zero-order chi connectivity index (χ0) is 12.4. The summed E-state index contributed by atoms with van der Waals surface area (Å²) in [6.07, 6.45) is 2.16. The Balaban J connectivity index is 2.15. The second-order valence-electron chi connectivity index (χ2n) is 4.09. The van der Waals surface area contributed by atoms with Gasteiger partial charge in [-0.05, 0) is 6.42 Å². The van der Waals surface area contributed by atoms with E-state index in [1.165, 1.54) is 11.1 Å². The van der Waals surface area contributed by atoms with Gasteiger partial charge in [-0.25, -0.2) is 0 Å². The highest BCUT2D eigenvalue weighted by Gasteiger charge is 2.25. The van der Waals surface area contributed by atoms with Gasteiger partial charge in [0.05, 0.1) is 6.20 Å². The van der Waals surface area contributed by atoms with E-state index >= 15 is 0 Å². The van der Waals surface area contributed by atoms with Gasteiger partial charge in [0.1, 0.15) is 17.9 Å². The summed E-state index contributed by atoms with van der Waals surface area (Å²) in [7, 11) is 1.74. The first-order chi connectivity index (χ1) is 8.09. The van der Waals surface area contributed by atoms with Crippen LogP contribution in [0.15, 0.2) is 6.20 Å². The SMILES string of the molecule is CN1CCCN(C(=O)c2cn[nH]c2N)CC1=O. The van der Waals surface area contributed by atoms with E-state index < -0.39 is 0 Å². The molecule has 0 aliphatic carbocycles. The number of hydrogen-bond donors (Lipinski definition) is 2. The van der Waals surface area contributed by atoms with Crippen molar-refractivity contribution >= 4 is 17.6 Å². The number of carbonyl (C=O) groups excluding carboxylic acids is 2. The number of anilines is 1. The van der Waals surface area contributed by atoms with Crippen LogP contribution in [0.2, 0.25) is 0 Å². The quantitative estimate of drug-likeness (QED) is 0.675. The maximum absolute atomic E-state index is 12.1. The molecule has 92 valence electrons. The van der Waals surface area contributed by atoms with Gasteiger partial charge in [0, 0.05) is 20.1 Å².